The minimum Gasteiger partial charge on any atom is -0.482 e. The SMILES string of the molecule is O=C1COc2ccccc2N1Cc1nnc(-c2ccccn2)[nH]1. The molecule has 0 bridgehead atoms. The van der Waals surface area contributed by atoms with Crippen molar-refractivity contribution in [1.29, 1.82) is 0 Å². The normalized spacial score (nSPS) is 13.6. The molecule has 114 valence electrons. The Morgan fingerprint density at radius 2 is 2.00 bits per heavy atom. The molecule has 0 unspecified atom stereocenters. The lowest BCUT2D eigenvalue weighted by atomic mass is 10.2. The van der Waals surface area contributed by atoms with Gasteiger partial charge in [0.1, 0.15) is 11.4 Å². The van der Waals surface area contributed by atoms with E-state index in [2.05, 4.69) is 20.2 Å². The molecule has 0 aliphatic carbocycles. The topological polar surface area (TPSA) is 84.0 Å². The lowest BCUT2D eigenvalue weighted by Crippen LogP contribution is -2.38. The standard InChI is InChI=1S/C16H13N5O2/c22-15-10-23-13-7-2-1-6-12(13)21(15)9-14-18-16(20-19-14)11-5-3-4-8-17-11/h1-8H,9-10H2,(H,18,19,20). The summed E-state index contributed by atoms with van der Waals surface area (Å²) in [6.07, 6.45) is 1.69. The van der Waals surface area contributed by atoms with Crippen molar-refractivity contribution in [2.24, 2.45) is 0 Å². The van der Waals surface area contributed by atoms with Crippen LogP contribution in [0.5, 0.6) is 5.75 Å². The van der Waals surface area contributed by atoms with Crippen molar-refractivity contribution in [3.8, 4) is 17.3 Å². The highest BCUT2D eigenvalue weighted by molar-refractivity contribution is 5.97. The Kier molecular flexibility index (Phi) is 3.23. The van der Waals surface area contributed by atoms with E-state index in [-0.39, 0.29) is 12.5 Å². The van der Waals surface area contributed by atoms with E-state index >= 15 is 0 Å². The lowest BCUT2D eigenvalue weighted by Gasteiger charge is -2.28. The first-order chi connectivity index (χ1) is 11.3. The van der Waals surface area contributed by atoms with Gasteiger partial charge in [0.15, 0.2) is 18.3 Å². The van der Waals surface area contributed by atoms with Crippen LogP contribution in [0, 0.1) is 0 Å². The summed E-state index contributed by atoms with van der Waals surface area (Å²) in [6, 6.07) is 13.0. The van der Waals surface area contributed by atoms with E-state index in [9.17, 15) is 4.79 Å². The van der Waals surface area contributed by atoms with Gasteiger partial charge in [-0.3, -0.25) is 14.7 Å². The monoisotopic (exact) mass is 307 g/mol. The van der Waals surface area contributed by atoms with E-state index in [1.54, 1.807) is 11.1 Å². The molecule has 3 heterocycles. The van der Waals surface area contributed by atoms with E-state index in [1.807, 2.05) is 42.5 Å². The number of carbonyl (C=O) groups is 1. The van der Waals surface area contributed by atoms with Crippen molar-refractivity contribution in [2.45, 2.75) is 6.54 Å². The number of fused-ring (bicyclic) bond motifs is 1. The Balaban J connectivity index is 1.61. The number of benzene rings is 1. The van der Waals surface area contributed by atoms with Crippen LogP contribution < -0.4 is 9.64 Å². The summed E-state index contributed by atoms with van der Waals surface area (Å²) in [5.41, 5.74) is 1.44. The van der Waals surface area contributed by atoms with Gasteiger partial charge in [-0.05, 0) is 24.3 Å². The molecular formula is C16H13N5O2. The molecule has 0 fully saturated rings. The van der Waals surface area contributed by atoms with Gasteiger partial charge in [-0.25, -0.2) is 0 Å². The molecule has 1 aliphatic rings. The molecule has 1 aliphatic heterocycles. The number of hydrogen-bond acceptors (Lipinski definition) is 5. The summed E-state index contributed by atoms with van der Waals surface area (Å²) >= 11 is 0. The molecule has 0 spiro atoms. The fourth-order valence-corrected chi connectivity index (χ4v) is 2.46. The van der Waals surface area contributed by atoms with Crippen molar-refractivity contribution in [3.63, 3.8) is 0 Å². The van der Waals surface area contributed by atoms with E-state index in [0.717, 1.165) is 5.69 Å². The average molecular weight is 307 g/mol. The highest BCUT2D eigenvalue weighted by Crippen LogP contribution is 2.32. The molecule has 4 rings (SSSR count). The van der Waals surface area contributed by atoms with Gasteiger partial charge in [0.2, 0.25) is 0 Å². The van der Waals surface area contributed by atoms with Crippen LogP contribution in [0.3, 0.4) is 0 Å². The van der Waals surface area contributed by atoms with Crippen LogP contribution in [-0.4, -0.2) is 32.7 Å². The van der Waals surface area contributed by atoms with Crippen LogP contribution in [-0.2, 0) is 11.3 Å². The largest absolute Gasteiger partial charge is 0.482 e. The van der Waals surface area contributed by atoms with Crippen molar-refractivity contribution >= 4 is 11.6 Å². The number of hydrogen-bond donors (Lipinski definition) is 1. The highest BCUT2D eigenvalue weighted by atomic mass is 16.5. The molecule has 23 heavy (non-hydrogen) atoms. The van der Waals surface area contributed by atoms with E-state index in [4.69, 9.17) is 4.74 Å². The summed E-state index contributed by atoms with van der Waals surface area (Å²) in [5.74, 6) is 1.75. The van der Waals surface area contributed by atoms with E-state index < -0.39 is 0 Å². The predicted molar refractivity (Wildman–Crippen MR) is 82.7 cm³/mol. The molecule has 0 atom stereocenters. The van der Waals surface area contributed by atoms with E-state index in [0.29, 0.717) is 29.6 Å². The number of ether oxygens (including phenoxy) is 1. The quantitative estimate of drug-likeness (QED) is 0.797. The van der Waals surface area contributed by atoms with Crippen LogP contribution in [0.4, 0.5) is 5.69 Å². The third-order valence-corrected chi connectivity index (χ3v) is 3.56. The van der Waals surface area contributed by atoms with Crippen LogP contribution >= 0.6 is 0 Å². The zero-order chi connectivity index (χ0) is 15.6. The first-order valence-corrected chi connectivity index (χ1v) is 7.16. The minimum absolute atomic E-state index is 0.0260. The zero-order valence-electron chi connectivity index (χ0n) is 12.1. The third-order valence-electron chi connectivity index (χ3n) is 3.56. The second-order valence-electron chi connectivity index (χ2n) is 5.07. The number of rotatable bonds is 3. The minimum atomic E-state index is -0.112. The number of anilines is 1. The number of aromatic amines is 1. The highest BCUT2D eigenvalue weighted by Gasteiger charge is 2.26. The Bertz CT molecular complexity index is 846. The molecule has 3 aromatic rings. The maximum atomic E-state index is 12.2. The van der Waals surface area contributed by atoms with Crippen LogP contribution in [0.25, 0.3) is 11.5 Å². The summed E-state index contributed by atoms with van der Waals surface area (Å²) in [6.45, 7) is 0.331. The smallest absolute Gasteiger partial charge is 0.265 e. The Labute approximate surface area is 132 Å². The Hall–Kier alpha value is -3.22. The summed E-state index contributed by atoms with van der Waals surface area (Å²) in [7, 11) is 0. The number of carbonyl (C=O) groups excluding carboxylic acids is 1. The van der Waals surface area contributed by atoms with Gasteiger partial charge < -0.3 is 9.72 Å². The molecule has 0 saturated heterocycles. The maximum Gasteiger partial charge on any atom is 0.265 e. The summed E-state index contributed by atoms with van der Waals surface area (Å²) in [5, 5.41) is 8.21. The van der Waals surface area contributed by atoms with Crippen molar-refractivity contribution in [1.82, 2.24) is 20.2 Å². The van der Waals surface area contributed by atoms with Gasteiger partial charge in [0.25, 0.3) is 5.91 Å². The van der Waals surface area contributed by atoms with Gasteiger partial charge in [0.05, 0.1) is 12.2 Å². The molecule has 1 aromatic carbocycles. The number of para-hydroxylation sites is 2. The van der Waals surface area contributed by atoms with Gasteiger partial charge in [-0.2, -0.15) is 0 Å². The predicted octanol–water partition coefficient (Wildman–Crippen LogP) is 1.79. The number of aromatic nitrogens is 4. The maximum absolute atomic E-state index is 12.2. The third kappa shape index (κ3) is 2.52. The van der Waals surface area contributed by atoms with Crippen LogP contribution in [0.15, 0.2) is 48.7 Å². The number of nitrogens with zero attached hydrogens (tertiary/aromatic N) is 4. The Morgan fingerprint density at radius 1 is 1.13 bits per heavy atom. The molecule has 7 heteroatoms. The average Bonchev–Trinajstić information content (AvgIpc) is 3.07. The fourth-order valence-electron chi connectivity index (χ4n) is 2.46. The summed E-state index contributed by atoms with van der Waals surface area (Å²) < 4.78 is 5.43. The van der Waals surface area contributed by atoms with Crippen molar-refractivity contribution in [3.05, 3.63) is 54.5 Å². The fraction of sp³-hybridized carbons (Fsp3) is 0.125. The zero-order valence-corrected chi connectivity index (χ0v) is 12.1. The first-order valence-electron chi connectivity index (χ1n) is 7.16. The molecule has 0 radical (unpaired) electrons. The molecule has 7 nitrogen and oxygen atoms in total. The Morgan fingerprint density at radius 3 is 2.87 bits per heavy atom. The second-order valence-corrected chi connectivity index (χ2v) is 5.07. The van der Waals surface area contributed by atoms with Crippen molar-refractivity contribution in [2.75, 3.05) is 11.5 Å². The number of H-pyrrole nitrogens is 1. The van der Waals surface area contributed by atoms with Crippen molar-refractivity contribution < 1.29 is 9.53 Å². The molecular weight excluding hydrogens is 294 g/mol. The molecule has 0 saturated carbocycles. The number of amides is 1. The van der Waals surface area contributed by atoms with Gasteiger partial charge in [-0.1, -0.05) is 18.2 Å². The van der Waals surface area contributed by atoms with Crippen LogP contribution in [0.1, 0.15) is 5.82 Å². The van der Waals surface area contributed by atoms with Gasteiger partial charge in [0, 0.05) is 6.20 Å². The molecule has 1 amide bonds. The van der Waals surface area contributed by atoms with Crippen LogP contribution in [0.2, 0.25) is 0 Å². The van der Waals surface area contributed by atoms with Gasteiger partial charge in [-0.15, -0.1) is 10.2 Å². The first kappa shape index (κ1) is 13.4. The molecule has 1 N–H and O–H groups in total. The molecule has 2 aromatic heterocycles. The number of nitrogens with one attached hydrogen (secondary N) is 1. The van der Waals surface area contributed by atoms with Gasteiger partial charge >= 0.3 is 0 Å². The number of pyridine rings is 1. The second kappa shape index (κ2) is 5.53. The van der Waals surface area contributed by atoms with E-state index in [1.165, 1.54) is 0 Å². The lowest BCUT2D eigenvalue weighted by molar-refractivity contribution is -0.121. The summed E-state index contributed by atoms with van der Waals surface area (Å²) in [4.78, 5) is 21.1.